The fourth-order valence-corrected chi connectivity index (χ4v) is 2.64. The van der Waals surface area contributed by atoms with Crippen molar-refractivity contribution in [2.45, 2.75) is 6.54 Å². The van der Waals surface area contributed by atoms with Crippen molar-refractivity contribution in [2.75, 3.05) is 19.0 Å². The zero-order valence-electron chi connectivity index (χ0n) is 11.7. The van der Waals surface area contributed by atoms with Gasteiger partial charge in [-0.3, -0.25) is 4.79 Å². The van der Waals surface area contributed by atoms with Gasteiger partial charge in [0, 0.05) is 36.9 Å². The monoisotopic (exact) mass is 323 g/mol. The molecule has 0 aliphatic carbocycles. The van der Waals surface area contributed by atoms with E-state index >= 15 is 0 Å². The molecule has 1 heterocycles. The summed E-state index contributed by atoms with van der Waals surface area (Å²) in [7, 11) is 3.46. The summed E-state index contributed by atoms with van der Waals surface area (Å²) in [6.07, 6.45) is 1.66. The number of carbonyl (C=O) groups excluding carboxylic acids is 1. The van der Waals surface area contributed by atoms with E-state index in [1.807, 2.05) is 24.1 Å². The van der Waals surface area contributed by atoms with Crippen molar-refractivity contribution in [3.8, 4) is 0 Å². The Morgan fingerprint density at radius 2 is 1.95 bits per heavy atom. The van der Waals surface area contributed by atoms with E-state index in [0.29, 0.717) is 28.0 Å². The van der Waals surface area contributed by atoms with Gasteiger partial charge < -0.3 is 10.2 Å². The minimum absolute atomic E-state index is 0.172. The smallest absolute Gasteiger partial charge is 0.254 e. The zero-order chi connectivity index (χ0) is 15.4. The highest BCUT2D eigenvalue weighted by Crippen LogP contribution is 2.22. The molecule has 0 unspecified atom stereocenters. The van der Waals surface area contributed by atoms with Crippen molar-refractivity contribution in [1.29, 1.82) is 0 Å². The van der Waals surface area contributed by atoms with Gasteiger partial charge in [0.05, 0.1) is 5.56 Å². The number of rotatable bonds is 4. The quantitative estimate of drug-likeness (QED) is 0.938. The van der Waals surface area contributed by atoms with Crippen molar-refractivity contribution in [1.82, 2.24) is 10.3 Å². The molecule has 0 aliphatic rings. The fourth-order valence-electron chi connectivity index (χ4n) is 2.06. The summed E-state index contributed by atoms with van der Waals surface area (Å²) in [6.45, 7) is 0.543. The lowest BCUT2D eigenvalue weighted by molar-refractivity contribution is 0.0963. The summed E-state index contributed by atoms with van der Waals surface area (Å²) in [5.74, 6) is 0.432. The Bertz CT molecular complexity index is 641. The van der Waals surface area contributed by atoms with Crippen LogP contribution < -0.4 is 10.2 Å². The standard InChI is InChI=1S/C15H15Cl2N3O/c1-18-15(21)13-4-3-5-19-14(13)20(2)9-10-6-11(16)8-12(17)7-10/h3-8H,9H2,1-2H3,(H,18,21). The molecule has 0 aliphatic heterocycles. The minimum Gasteiger partial charge on any atom is -0.355 e. The molecule has 1 N–H and O–H groups in total. The van der Waals surface area contributed by atoms with Gasteiger partial charge in [0.15, 0.2) is 0 Å². The summed E-state index contributed by atoms with van der Waals surface area (Å²) in [5.41, 5.74) is 1.47. The lowest BCUT2D eigenvalue weighted by Gasteiger charge is -2.20. The number of hydrogen-bond acceptors (Lipinski definition) is 3. The third-order valence-electron chi connectivity index (χ3n) is 2.96. The number of carbonyl (C=O) groups is 1. The Kier molecular flexibility index (Phi) is 5.04. The van der Waals surface area contributed by atoms with E-state index in [0.717, 1.165) is 5.56 Å². The van der Waals surface area contributed by atoms with E-state index in [1.54, 1.807) is 31.4 Å². The summed E-state index contributed by atoms with van der Waals surface area (Å²) in [5, 5.41) is 3.77. The highest BCUT2D eigenvalue weighted by Gasteiger charge is 2.14. The van der Waals surface area contributed by atoms with Gasteiger partial charge in [0.2, 0.25) is 0 Å². The van der Waals surface area contributed by atoms with E-state index in [2.05, 4.69) is 10.3 Å². The number of hydrogen-bond donors (Lipinski definition) is 1. The molecule has 21 heavy (non-hydrogen) atoms. The Hall–Kier alpha value is -1.78. The van der Waals surface area contributed by atoms with Gasteiger partial charge in [-0.25, -0.2) is 4.98 Å². The predicted molar refractivity (Wildman–Crippen MR) is 86.2 cm³/mol. The molecular formula is C15H15Cl2N3O. The zero-order valence-corrected chi connectivity index (χ0v) is 13.2. The van der Waals surface area contributed by atoms with Crippen LogP contribution in [0.5, 0.6) is 0 Å². The first kappa shape index (κ1) is 15.6. The number of anilines is 1. The number of aromatic nitrogens is 1. The van der Waals surface area contributed by atoms with Crippen LogP contribution in [-0.4, -0.2) is 25.0 Å². The van der Waals surface area contributed by atoms with E-state index < -0.39 is 0 Å². The lowest BCUT2D eigenvalue weighted by Crippen LogP contribution is -2.25. The average Bonchev–Trinajstić information content (AvgIpc) is 2.45. The molecule has 0 saturated carbocycles. The number of halogens is 2. The van der Waals surface area contributed by atoms with Crippen LogP contribution in [0, 0.1) is 0 Å². The van der Waals surface area contributed by atoms with Crippen LogP contribution in [0.2, 0.25) is 10.0 Å². The Morgan fingerprint density at radius 3 is 2.57 bits per heavy atom. The van der Waals surface area contributed by atoms with Gasteiger partial charge in [0.25, 0.3) is 5.91 Å². The van der Waals surface area contributed by atoms with Crippen LogP contribution in [0.1, 0.15) is 15.9 Å². The van der Waals surface area contributed by atoms with Crippen molar-refractivity contribution in [3.05, 3.63) is 57.7 Å². The van der Waals surface area contributed by atoms with Crippen LogP contribution in [-0.2, 0) is 6.54 Å². The minimum atomic E-state index is -0.172. The first-order chi connectivity index (χ1) is 10.0. The number of nitrogens with one attached hydrogen (secondary N) is 1. The number of amides is 1. The molecule has 6 heteroatoms. The number of pyridine rings is 1. The fraction of sp³-hybridized carbons (Fsp3) is 0.200. The molecule has 0 bridgehead atoms. The number of benzene rings is 1. The molecule has 0 spiro atoms. The molecule has 0 saturated heterocycles. The maximum Gasteiger partial charge on any atom is 0.254 e. The van der Waals surface area contributed by atoms with E-state index in [4.69, 9.17) is 23.2 Å². The van der Waals surface area contributed by atoms with Gasteiger partial charge in [-0.15, -0.1) is 0 Å². The van der Waals surface area contributed by atoms with Crippen molar-refractivity contribution >= 4 is 34.9 Å². The van der Waals surface area contributed by atoms with Gasteiger partial charge in [0.1, 0.15) is 5.82 Å². The van der Waals surface area contributed by atoms with Crippen LogP contribution in [0.25, 0.3) is 0 Å². The molecule has 0 atom stereocenters. The Labute approximate surface area is 133 Å². The first-order valence-electron chi connectivity index (χ1n) is 6.34. The second-order valence-electron chi connectivity index (χ2n) is 4.59. The average molecular weight is 324 g/mol. The summed E-state index contributed by atoms with van der Waals surface area (Å²) < 4.78 is 0. The molecule has 2 rings (SSSR count). The van der Waals surface area contributed by atoms with Crippen LogP contribution in [0.4, 0.5) is 5.82 Å². The predicted octanol–water partition coefficient (Wildman–Crippen LogP) is 3.38. The second-order valence-corrected chi connectivity index (χ2v) is 5.46. The van der Waals surface area contributed by atoms with Gasteiger partial charge >= 0.3 is 0 Å². The van der Waals surface area contributed by atoms with Crippen LogP contribution in [0.15, 0.2) is 36.5 Å². The summed E-state index contributed by atoms with van der Waals surface area (Å²) in [4.78, 5) is 18.0. The maximum absolute atomic E-state index is 11.9. The van der Waals surface area contributed by atoms with E-state index in [1.165, 1.54) is 0 Å². The maximum atomic E-state index is 11.9. The molecular weight excluding hydrogens is 309 g/mol. The highest BCUT2D eigenvalue weighted by molar-refractivity contribution is 6.34. The van der Waals surface area contributed by atoms with Crippen LogP contribution in [0.3, 0.4) is 0 Å². The van der Waals surface area contributed by atoms with Crippen LogP contribution >= 0.6 is 23.2 Å². The topological polar surface area (TPSA) is 45.2 Å². The Balaban J connectivity index is 2.28. The highest BCUT2D eigenvalue weighted by atomic mass is 35.5. The van der Waals surface area contributed by atoms with Gasteiger partial charge in [-0.1, -0.05) is 23.2 Å². The van der Waals surface area contributed by atoms with Crippen molar-refractivity contribution in [3.63, 3.8) is 0 Å². The van der Waals surface area contributed by atoms with Crippen molar-refractivity contribution < 1.29 is 4.79 Å². The molecule has 110 valence electrons. The third kappa shape index (κ3) is 3.86. The van der Waals surface area contributed by atoms with Crippen molar-refractivity contribution in [2.24, 2.45) is 0 Å². The van der Waals surface area contributed by atoms with Gasteiger partial charge in [-0.2, -0.15) is 0 Å². The summed E-state index contributed by atoms with van der Waals surface area (Å²) >= 11 is 12.0. The van der Waals surface area contributed by atoms with E-state index in [9.17, 15) is 4.79 Å². The molecule has 0 radical (unpaired) electrons. The third-order valence-corrected chi connectivity index (χ3v) is 3.40. The normalized spacial score (nSPS) is 10.3. The van der Waals surface area contributed by atoms with Gasteiger partial charge in [-0.05, 0) is 35.9 Å². The SMILES string of the molecule is CNC(=O)c1cccnc1N(C)Cc1cc(Cl)cc(Cl)c1. The lowest BCUT2D eigenvalue weighted by atomic mass is 10.2. The molecule has 1 aromatic heterocycles. The number of nitrogens with zero attached hydrogens (tertiary/aromatic N) is 2. The molecule has 4 nitrogen and oxygen atoms in total. The molecule has 2 aromatic rings. The summed E-state index contributed by atoms with van der Waals surface area (Å²) in [6, 6.07) is 8.84. The largest absolute Gasteiger partial charge is 0.355 e. The molecule has 1 amide bonds. The Morgan fingerprint density at radius 1 is 1.29 bits per heavy atom. The second kappa shape index (κ2) is 6.78. The van der Waals surface area contributed by atoms with E-state index in [-0.39, 0.29) is 5.91 Å². The first-order valence-corrected chi connectivity index (χ1v) is 7.10. The molecule has 0 fully saturated rings. The molecule has 1 aromatic carbocycles.